The van der Waals surface area contributed by atoms with Gasteiger partial charge in [-0.15, -0.1) is 0 Å². The molecule has 2 aliphatic rings. The van der Waals surface area contributed by atoms with E-state index in [2.05, 4.69) is 0 Å². The molecule has 0 aliphatic carbocycles. The molecule has 2 bridgehead atoms. The van der Waals surface area contributed by atoms with Gasteiger partial charge in [0.25, 0.3) is 0 Å². The van der Waals surface area contributed by atoms with Crippen molar-refractivity contribution in [2.75, 3.05) is 13.2 Å². The lowest BCUT2D eigenvalue weighted by Crippen LogP contribution is -2.40. The zero-order chi connectivity index (χ0) is 26.7. The summed E-state index contributed by atoms with van der Waals surface area (Å²) >= 11 is 0. The molecule has 0 aromatic heterocycles. The van der Waals surface area contributed by atoms with Crippen LogP contribution in [0.3, 0.4) is 0 Å². The van der Waals surface area contributed by atoms with E-state index in [0.29, 0.717) is 25.0 Å². The summed E-state index contributed by atoms with van der Waals surface area (Å²) in [6, 6.07) is 9.93. The zero-order valence-electron chi connectivity index (χ0n) is 23.6. The zero-order valence-corrected chi connectivity index (χ0v) is 23.6. The molecule has 1 unspecified atom stereocenters. The van der Waals surface area contributed by atoms with Crippen molar-refractivity contribution in [3.63, 3.8) is 0 Å². The first-order valence-corrected chi connectivity index (χ1v) is 15.4. The SMILES string of the molecule is O=C1CCCCCCCCCCCCCCCCCC/C=C2\CC(COCc3ccccc3)(CO1)OC2=O. The number of fused-ring (bicyclic) bond motifs is 2. The van der Waals surface area contributed by atoms with Crippen LogP contribution in [0.5, 0.6) is 0 Å². The highest BCUT2D eigenvalue weighted by atomic mass is 16.6. The smallest absolute Gasteiger partial charge is 0.334 e. The number of ether oxygens (including phenoxy) is 3. The molecule has 1 fully saturated rings. The van der Waals surface area contributed by atoms with Crippen LogP contribution >= 0.6 is 0 Å². The standard InChI is InChI=1S/C33H50O5/c34-31-24-20-15-13-11-9-7-5-3-1-2-4-6-8-10-12-14-19-23-30-25-33(28-37-31,38-32(30)35)27-36-26-29-21-17-16-18-22-29/h16-18,21-23H,1-15,19-20,24-28H2/b30-23+. The van der Waals surface area contributed by atoms with E-state index < -0.39 is 5.60 Å². The molecule has 1 aromatic carbocycles. The Morgan fingerprint density at radius 1 is 0.711 bits per heavy atom. The fourth-order valence-corrected chi connectivity index (χ4v) is 5.45. The van der Waals surface area contributed by atoms with Crippen molar-refractivity contribution in [3.05, 3.63) is 47.5 Å². The maximum Gasteiger partial charge on any atom is 0.334 e. The topological polar surface area (TPSA) is 61.8 Å². The highest BCUT2D eigenvalue weighted by molar-refractivity contribution is 5.91. The summed E-state index contributed by atoms with van der Waals surface area (Å²) in [6.45, 7) is 0.676. The Morgan fingerprint density at radius 2 is 1.26 bits per heavy atom. The van der Waals surface area contributed by atoms with Gasteiger partial charge < -0.3 is 14.2 Å². The molecule has 0 amide bonds. The van der Waals surface area contributed by atoms with Crippen LogP contribution in [0.15, 0.2) is 42.0 Å². The summed E-state index contributed by atoms with van der Waals surface area (Å²) < 4.78 is 17.5. The molecule has 3 rings (SSSR count). The molecule has 212 valence electrons. The predicted molar refractivity (Wildman–Crippen MR) is 152 cm³/mol. The van der Waals surface area contributed by atoms with E-state index in [1.54, 1.807) is 0 Å². The first-order chi connectivity index (χ1) is 18.7. The van der Waals surface area contributed by atoms with Gasteiger partial charge in [0, 0.05) is 18.4 Å². The van der Waals surface area contributed by atoms with Crippen molar-refractivity contribution < 1.29 is 23.8 Å². The Balaban J connectivity index is 1.53. The number of cyclic esters (lactones) is 1. The van der Waals surface area contributed by atoms with Gasteiger partial charge in [-0.2, -0.15) is 0 Å². The number of allylic oxidation sites excluding steroid dienone is 1. The lowest BCUT2D eigenvalue weighted by molar-refractivity contribution is -0.169. The number of carbonyl (C=O) groups excluding carboxylic acids is 2. The average Bonchev–Trinajstić information content (AvgIpc) is 3.24. The van der Waals surface area contributed by atoms with Crippen molar-refractivity contribution in [3.8, 4) is 0 Å². The van der Waals surface area contributed by atoms with Crippen LogP contribution in [0, 0.1) is 0 Å². The first-order valence-electron chi connectivity index (χ1n) is 15.4. The Morgan fingerprint density at radius 3 is 1.87 bits per heavy atom. The average molecular weight is 527 g/mol. The number of esters is 2. The molecule has 1 atom stereocenters. The maximum atomic E-state index is 12.7. The third kappa shape index (κ3) is 12.1. The minimum absolute atomic E-state index is 0.0453. The second-order valence-corrected chi connectivity index (χ2v) is 11.3. The van der Waals surface area contributed by atoms with Crippen LogP contribution in [0.25, 0.3) is 0 Å². The van der Waals surface area contributed by atoms with Crippen LogP contribution in [-0.4, -0.2) is 30.8 Å². The van der Waals surface area contributed by atoms with Gasteiger partial charge in [0.15, 0.2) is 5.60 Å². The third-order valence-electron chi connectivity index (χ3n) is 7.78. The Bertz CT molecular complexity index is 833. The molecule has 0 saturated carbocycles. The number of carbonyl (C=O) groups is 2. The number of rotatable bonds is 4. The molecule has 0 radical (unpaired) electrons. The van der Waals surface area contributed by atoms with Gasteiger partial charge in [0.2, 0.25) is 0 Å². The van der Waals surface area contributed by atoms with E-state index in [1.807, 2.05) is 36.4 Å². The highest BCUT2D eigenvalue weighted by Crippen LogP contribution is 2.33. The van der Waals surface area contributed by atoms with E-state index >= 15 is 0 Å². The van der Waals surface area contributed by atoms with Gasteiger partial charge >= 0.3 is 11.9 Å². The molecular weight excluding hydrogens is 476 g/mol. The van der Waals surface area contributed by atoms with Gasteiger partial charge in [0.05, 0.1) is 13.2 Å². The number of hydrogen-bond acceptors (Lipinski definition) is 5. The second kappa shape index (κ2) is 18.2. The summed E-state index contributed by atoms with van der Waals surface area (Å²) in [7, 11) is 0. The molecule has 5 heteroatoms. The van der Waals surface area contributed by atoms with Crippen LogP contribution in [0.4, 0.5) is 0 Å². The number of benzene rings is 1. The number of hydrogen-bond donors (Lipinski definition) is 0. The Kier molecular flexibility index (Phi) is 14.6. The van der Waals surface area contributed by atoms with Crippen molar-refractivity contribution in [1.82, 2.24) is 0 Å². The fraction of sp³-hybridized carbons (Fsp3) is 0.697. The van der Waals surface area contributed by atoms with Crippen molar-refractivity contribution in [2.45, 2.75) is 134 Å². The van der Waals surface area contributed by atoms with Crippen LogP contribution in [-0.2, 0) is 30.4 Å². The second-order valence-electron chi connectivity index (χ2n) is 11.3. The molecule has 1 saturated heterocycles. The molecule has 0 spiro atoms. The molecule has 1 aromatic rings. The minimum atomic E-state index is -0.945. The molecular formula is C33H50O5. The van der Waals surface area contributed by atoms with Gasteiger partial charge in [-0.1, -0.05) is 126 Å². The summed E-state index contributed by atoms with van der Waals surface area (Å²) in [5, 5.41) is 0. The van der Waals surface area contributed by atoms with E-state index in [9.17, 15) is 9.59 Å². The van der Waals surface area contributed by atoms with Crippen molar-refractivity contribution >= 4 is 11.9 Å². The third-order valence-corrected chi connectivity index (χ3v) is 7.78. The summed E-state index contributed by atoms with van der Waals surface area (Å²) in [4.78, 5) is 25.2. The monoisotopic (exact) mass is 526 g/mol. The van der Waals surface area contributed by atoms with Crippen molar-refractivity contribution in [1.29, 1.82) is 0 Å². The molecule has 0 N–H and O–H groups in total. The first kappa shape index (κ1) is 30.4. The van der Waals surface area contributed by atoms with Crippen molar-refractivity contribution in [2.24, 2.45) is 0 Å². The van der Waals surface area contributed by atoms with Gasteiger partial charge in [-0.05, 0) is 24.8 Å². The normalized spacial score (nSPS) is 25.7. The lowest BCUT2D eigenvalue weighted by Gasteiger charge is -2.26. The van der Waals surface area contributed by atoms with Crippen LogP contribution in [0.1, 0.15) is 128 Å². The predicted octanol–water partition coefficient (Wildman–Crippen LogP) is 8.39. The summed E-state index contributed by atoms with van der Waals surface area (Å²) in [6.07, 6.45) is 23.8. The lowest BCUT2D eigenvalue weighted by atomic mass is 9.98. The maximum absolute atomic E-state index is 12.7. The Hall–Kier alpha value is -2.14. The van der Waals surface area contributed by atoms with E-state index in [1.165, 1.54) is 83.5 Å². The summed E-state index contributed by atoms with van der Waals surface area (Å²) in [5.41, 5.74) is 0.802. The summed E-state index contributed by atoms with van der Waals surface area (Å²) in [5.74, 6) is -0.516. The fourth-order valence-electron chi connectivity index (χ4n) is 5.45. The van der Waals surface area contributed by atoms with E-state index in [0.717, 1.165) is 31.2 Å². The minimum Gasteiger partial charge on any atom is -0.461 e. The van der Waals surface area contributed by atoms with E-state index in [-0.39, 0.29) is 25.2 Å². The molecule has 2 aliphatic heterocycles. The van der Waals surface area contributed by atoms with Crippen LogP contribution < -0.4 is 0 Å². The highest BCUT2D eigenvalue weighted by Gasteiger charge is 2.45. The Labute approximate surface area is 230 Å². The van der Waals surface area contributed by atoms with Crippen LogP contribution in [0.2, 0.25) is 0 Å². The van der Waals surface area contributed by atoms with Gasteiger partial charge in [0.1, 0.15) is 6.61 Å². The van der Waals surface area contributed by atoms with E-state index in [4.69, 9.17) is 14.2 Å². The largest absolute Gasteiger partial charge is 0.461 e. The molecule has 2 heterocycles. The van der Waals surface area contributed by atoms with Gasteiger partial charge in [-0.3, -0.25) is 4.79 Å². The molecule has 5 nitrogen and oxygen atoms in total. The quantitative estimate of drug-likeness (QED) is 0.369. The molecule has 38 heavy (non-hydrogen) atoms. The van der Waals surface area contributed by atoms with Gasteiger partial charge in [-0.25, -0.2) is 4.79 Å².